The zero-order chi connectivity index (χ0) is 21.2. The number of morpholine rings is 1. The van der Waals surface area contributed by atoms with Crippen molar-refractivity contribution < 1.29 is 9.26 Å². The highest BCUT2D eigenvalue weighted by molar-refractivity contribution is 6.38. The Kier molecular flexibility index (Phi) is 4.16. The van der Waals surface area contributed by atoms with Crippen molar-refractivity contribution in [3.05, 3.63) is 35.2 Å². The van der Waals surface area contributed by atoms with Gasteiger partial charge in [0.25, 0.3) is 0 Å². The molecule has 0 bridgehead atoms. The topological polar surface area (TPSA) is 89.0 Å². The van der Waals surface area contributed by atoms with Crippen molar-refractivity contribution in [1.29, 1.82) is 0 Å². The maximum absolute atomic E-state index is 6.99. The molecule has 0 saturated carbocycles. The Hall–Kier alpha value is -2.84. The third-order valence-corrected chi connectivity index (χ3v) is 6.78. The second kappa shape index (κ2) is 6.83. The number of anilines is 1. The molecule has 3 aliphatic heterocycles. The number of nitrogens with zero attached hydrogens (tertiary/aromatic N) is 6. The summed E-state index contributed by atoms with van der Waals surface area (Å²) in [6, 6.07) is 3.99. The second-order valence-electron chi connectivity index (χ2n) is 8.50. The molecular weight excluding hydrogens is 416 g/mol. The van der Waals surface area contributed by atoms with Gasteiger partial charge in [-0.2, -0.15) is 0 Å². The molecule has 158 valence electrons. The second-order valence-corrected chi connectivity index (χ2v) is 8.88. The molecule has 2 aromatic heterocycles. The van der Waals surface area contributed by atoms with Crippen LogP contribution in [0.1, 0.15) is 19.4 Å². The first-order valence-corrected chi connectivity index (χ1v) is 10.8. The lowest BCUT2D eigenvalue weighted by atomic mass is 9.69. The zero-order valence-corrected chi connectivity index (χ0v) is 18.0. The Bertz CT molecular complexity index is 1210. The van der Waals surface area contributed by atoms with Crippen molar-refractivity contribution in [3.8, 4) is 11.4 Å². The Labute approximate surface area is 184 Å². The van der Waals surface area contributed by atoms with Crippen LogP contribution in [0.15, 0.2) is 39.2 Å². The number of halogens is 1. The van der Waals surface area contributed by atoms with Gasteiger partial charge in [0.05, 0.1) is 40.4 Å². The van der Waals surface area contributed by atoms with E-state index in [-0.39, 0.29) is 23.7 Å². The van der Waals surface area contributed by atoms with E-state index in [2.05, 4.69) is 49.9 Å². The molecule has 6 rings (SSSR count). The summed E-state index contributed by atoms with van der Waals surface area (Å²) in [5.41, 5.74) is 3.68. The van der Waals surface area contributed by atoms with Crippen LogP contribution in [0.4, 0.5) is 5.69 Å². The Morgan fingerprint density at radius 3 is 2.84 bits per heavy atom. The van der Waals surface area contributed by atoms with Crippen molar-refractivity contribution >= 4 is 40.7 Å². The first kappa shape index (κ1) is 18.9. The summed E-state index contributed by atoms with van der Waals surface area (Å²) in [5.74, 6) is 0. The summed E-state index contributed by atoms with van der Waals surface area (Å²) in [6.45, 7) is 5.40. The standard InChI is InChI=1S/C22H21ClN6O2/c1-12-7-29-19-14(6-22(8-25-10-26-9-22)21(29)13(2)30-12)5-15-18(16-3-4-24-11-27-16)28-31-20(15)17(19)23/h3-5,8-9,11-13,21H,6-7,10H2,1-2H3/t12-,13+,21-/m1/s1. The highest BCUT2D eigenvalue weighted by atomic mass is 35.5. The number of rotatable bonds is 1. The van der Waals surface area contributed by atoms with Crippen LogP contribution < -0.4 is 4.90 Å². The Balaban J connectivity index is 1.59. The fraction of sp³-hybridized carbons (Fsp3) is 0.409. The van der Waals surface area contributed by atoms with Crippen LogP contribution in [0.2, 0.25) is 5.02 Å². The van der Waals surface area contributed by atoms with Crippen LogP contribution in [0.5, 0.6) is 0 Å². The molecule has 0 radical (unpaired) electrons. The molecule has 3 atom stereocenters. The van der Waals surface area contributed by atoms with E-state index in [0.717, 1.165) is 29.6 Å². The molecule has 3 aromatic rings. The first-order valence-electron chi connectivity index (χ1n) is 10.4. The maximum atomic E-state index is 6.99. The SMILES string of the molecule is C[C@@H]1CN2c3c(cc4c(-c5ccncn5)noc4c3Cl)CC3(C=NCN=C3)[C@H]2[C@H](C)O1. The number of fused-ring (bicyclic) bond motifs is 5. The number of aliphatic imine (C=N–C) groups is 2. The number of benzene rings is 1. The van der Waals surface area contributed by atoms with Gasteiger partial charge >= 0.3 is 0 Å². The number of hydrogen-bond acceptors (Lipinski definition) is 8. The van der Waals surface area contributed by atoms with Crippen molar-refractivity contribution in [2.75, 3.05) is 18.1 Å². The molecule has 3 aliphatic rings. The summed E-state index contributed by atoms with van der Waals surface area (Å²) in [7, 11) is 0. The fourth-order valence-corrected chi connectivity index (χ4v) is 5.77. The molecule has 1 saturated heterocycles. The van der Waals surface area contributed by atoms with Crippen LogP contribution in [0.25, 0.3) is 22.4 Å². The van der Waals surface area contributed by atoms with Crippen molar-refractivity contribution in [3.63, 3.8) is 0 Å². The summed E-state index contributed by atoms with van der Waals surface area (Å²) >= 11 is 6.99. The largest absolute Gasteiger partial charge is 0.372 e. The van der Waals surface area contributed by atoms with Crippen molar-refractivity contribution in [2.24, 2.45) is 15.4 Å². The van der Waals surface area contributed by atoms with Gasteiger partial charge in [-0.3, -0.25) is 9.98 Å². The normalized spacial score (nSPS) is 26.3. The number of hydrogen-bond donors (Lipinski definition) is 0. The summed E-state index contributed by atoms with van der Waals surface area (Å²) < 4.78 is 11.9. The van der Waals surface area contributed by atoms with E-state index in [1.165, 1.54) is 6.33 Å². The third kappa shape index (κ3) is 2.74. The van der Waals surface area contributed by atoms with E-state index in [4.69, 9.17) is 20.9 Å². The summed E-state index contributed by atoms with van der Waals surface area (Å²) in [6.07, 6.45) is 8.08. The van der Waals surface area contributed by atoms with Gasteiger partial charge in [-0.05, 0) is 38.0 Å². The van der Waals surface area contributed by atoms with Crippen LogP contribution in [-0.2, 0) is 11.2 Å². The lowest BCUT2D eigenvalue weighted by molar-refractivity contribution is -0.0429. The molecule has 1 aromatic carbocycles. The molecule has 5 heterocycles. The molecule has 1 spiro atoms. The molecule has 31 heavy (non-hydrogen) atoms. The summed E-state index contributed by atoms with van der Waals surface area (Å²) in [4.78, 5) is 19.7. The third-order valence-electron chi connectivity index (χ3n) is 6.42. The molecule has 0 N–H and O–H groups in total. The van der Waals surface area contributed by atoms with Gasteiger partial charge in [-0.1, -0.05) is 16.8 Å². The molecular formula is C22H21ClN6O2. The van der Waals surface area contributed by atoms with Gasteiger partial charge in [0, 0.05) is 25.2 Å². The fourth-order valence-electron chi connectivity index (χ4n) is 5.41. The predicted molar refractivity (Wildman–Crippen MR) is 119 cm³/mol. The van der Waals surface area contributed by atoms with Crippen LogP contribution in [0.3, 0.4) is 0 Å². The lowest BCUT2D eigenvalue weighted by Crippen LogP contribution is -2.65. The maximum Gasteiger partial charge on any atom is 0.188 e. The highest BCUT2D eigenvalue weighted by Crippen LogP contribution is 2.50. The first-order chi connectivity index (χ1) is 15.1. The lowest BCUT2D eigenvalue weighted by Gasteiger charge is -2.54. The Morgan fingerprint density at radius 2 is 2.06 bits per heavy atom. The molecule has 0 aliphatic carbocycles. The smallest absolute Gasteiger partial charge is 0.188 e. The monoisotopic (exact) mass is 436 g/mol. The number of ether oxygens (including phenoxy) is 1. The molecule has 0 unspecified atom stereocenters. The van der Waals surface area contributed by atoms with Gasteiger partial charge in [0.2, 0.25) is 0 Å². The minimum absolute atomic E-state index is 0.00836. The molecule has 8 nitrogen and oxygen atoms in total. The Morgan fingerprint density at radius 1 is 1.23 bits per heavy atom. The van der Waals surface area contributed by atoms with Crippen LogP contribution >= 0.6 is 11.6 Å². The van der Waals surface area contributed by atoms with E-state index in [1.807, 2.05) is 18.5 Å². The van der Waals surface area contributed by atoms with Crippen molar-refractivity contribution in [2.45, 2.75) is 38.5 Å². The predicted octanol–water partition coefficient (Wildman–Crippen LogP) is 3.58. The van der Waals surface area contributed by atoms with Gasteiger partial charge in [0.1, 0.15) is 23.7 Å². The van der Waals surface area contributed by atoms with Gasteiger partial charge in [0.15, 0.2) is 5.58 Å². The van der Waals surface area contributed by atoms with E-state index < -0.39 is 0 Å². The van der Waals surface area contributed by atoms with E-state index in [1.54, 1.807) is 6.20 Å². The number of aromatic nitrogens is 3. The van der Waals surface area contributed by atoms with Gasteiger partial charge < -0.3 is 14.2 Å². The molecule has 9 heteroatoms. The van der Waals surface area contributed by atoms with Crippen LogP contribution in [0, 0.1) is 5.41 Å². The van der Waals surface area contributed by atoms with Crippen LogP contribution in [-0.4, -0.2) is 59.0 Å². The average molecular weight is 437 g/mol. The van der Waals surface area contributed by atoms with E-state index >= 15 is 0 Å². The van der Waals surface area contributed by atoms with Gasteiger partial charge in [-0.15, -0.1) is 0 Å². The quantitative estimate of drug-likeness (QED) is 0.579. The van der Waals surface area contributed by atoms with Crippen molar-refractivity contribution in [1.82, 2.24) is 15.1 Å². The highest BCUT2D eigenvalue weighted by Gasteiger charge is 2.51. The minimum atomic E-state index is -0.353. The average Bonchev–Trinajstić information content (AvgIpc) is 3.18. The van der Waals surface area contributed by atoms with E-state index in [9.17, 15) is 0 Å². The summed E-state index contributed by atoms with van der Waals surface area (Å²) in [5, 5.41) is 5.71. The minimum Gasteiger partial charge on any atom is -0.372 e. The zero-order valence-electron chi connectivity index (χ0n) is 17.2. The van der Waals surface area contributed by atoms with E-state index in [0.29, 0.717) is 28.7 Å². The molecule has 1 fully saturated rings. The molecule has 0 amide bonds. The van der Waals surface area contributed by atoms with Gasteiger partial charge in [-0.25, -0.2) is 9.97 Å².